The summed E-state index contributed by atoms with van der Waals surface area (Å²) >= 11 is 0. The maximum absolute atomic E-state index is 13.1. The zero-order valence-electron chi connectivity index (χ0n) is 14.6. The first-order chi connectivity index (χ1) is 11.7. The number of carbonyl (C=O) groups excluding carboxylic acids is 2. The number of amides is 3. The van der Waals surface area contributed by atoms with Crippen molar-refractivity contribution in [3.05, 3.63) is 0 Å². The molecule has 2 aliphatic carbocycles. The van der Waals surface area contributed by atoms with Crippen LogP contribution in [-0.4, -0.2) is 54.7 Å². The lowest BCUT2D eigenvalue weighted by Gasteiger charge is -2.41. The van der Waals surface area contributed by atoms with E-state index in [9.17, 15) is 9.59 Å². The van der Waals surface area contributed by atoms with Gasteiger partial charge in [0.2, 0.25) is 5.91 Å². The van der Waals surface area contributed by atoms with Crippen LogP contribution in [0.3, 0.4) is 0 Å². The second-order valence-electron chi connectivity index (χ2n) is 7.48. The minimum Gasteiger partial charge on any atom is -0.378 e. The molecule has 2 N–H and O–H groups in total. The van der Waals surface area contributed by atoms with Crippen LogP contribution in [0.5, 0.6) is 0 Å². The molecule has 3 aliphatic rings. The van der Waals surface area contributed by atoms with Gasteiger partial charge in [0.25, 0.3) is 0 Å². The minimum absolute atomic E-state index is 0.0873. The first-order valence-electron chi connectivity index (χ1n) is 9.65. The van der Waals surface area contributed by atoms with Crippen molar-refractivity contribution in [1.82, 2.24) is 15.5 Å². The van der Waals surface area contributed by atoms with Crippen LogP contribution in [0.15, 0.2) is 0 Å². The number of hydrogen-bond donors (Lipinski definition) is 2. The second kappa shape index (κ2) is 8.19. The summed E-state index contributed by atoms with van der Waals surface area (Å²) in [6.07, 6.45) is 10.4. The third-order valence-corrected chi connectivity index (χ3v) is 5.71. The van der Waals surface area contributed by atoms with Gasteiger partial charge in [0.1, 0.15) is 5.54 Å². The third-order valence-electron chi connectivity index (χ3n) is 5.71. The molecule has 3 amide bonds. The Morgan fingerprint density at radius 3 is 2.21 bits per heavy atom. The minimum atomic E-state index is -0.714. The van der Waals surface area contributed by atoms with E-state index in [1.807, 2.05) is 4.90 Å². The van der Waals surface area contributed by atoms with Crippen LogP contribution < -0.4 is 10.6 Å². The number of rotatable bonds is 3. The molecule has 0 spiro atoms. The fraction of sp³-hybridized carbons (Fsp3) is 0.889. The highest BCUT2D eigenvalue weighted by Gasteiger charge is 2.43. The lowest BCUT2D eigenvalue weighted by atomic mass is 9.80. The van der Waals surface area contributed by atoms with Crippen LogP contribution in [0.4, 0.5) is 4.79 Å². The Bertz CT molecular complexity index is 437. The number of ether oxygens (including phenoxy) is 1. The van der Waals surface area contributed by atoms with Gasteiger partial charge in [-0.2, -0.15) is 0 Å². The predicted molar refractivity (Wildman–Crippen MR) is 91.8 cm³/mol. The number of hydrogen-bond acceptors (Lipinski definition) is 3. The van der Waals surface area contributed by atoms with Gasteiger partial charge in [0.05, 0.1) is 13.2 Å². The first kappa shape index (κ1) is 17.5. The molecule has 6 heteroatoms. The molecule has 0 unspecified atom stereocenters. The summed E-state index contributed by atoms with van der Waals surface area (Å²) in [7, 11) is 0. The van der Waals surface area contributed by atoms with Crippen molar-refractivity contribution in [2.45, 2.75) is 75.8 Å². The van der Waals surface area contributed by atoms with E-state index >= 15 is 0 Å². The van der Waals surface area contributed by atoms with E-state index in [2.05, 4.69) is 10.6 Å². The Balaban J connectivity index is 1.63. The summed E-state index contributed by atoms with van der Waals surface area (Å²) in [5.41, 5.74) is -0.714. The Morgan fingerprint density at radius 2 is 1.54 bits per heavy atom. The highest BCUT2D eigenvalue weighted by molar-refractivity contribution is 5.91. The lowest BCUT2D eigenvalue weighted by molar-refractivity contribution is -0.143. The molecule has 24 heavy (non-hydrogen) atoms. The fourth-order valence-electron chi connectivity index (χ4n) is 4.30. The first-order valence-corrected chi connectivity index (χ1v) is 9.65. The van der Waals surface area contributed by atoms with E-state index in [1.165, 1.54) is 19.3 Å². The molecule has 0 aromatic carbocycles. The van der Waals surface area contributed by atoms with Crippen molar-refractivity contribution < 1.29 is 14.3 Å². The zero-order valence-corrected chi connectivity index (χ0v) is 14.6. The molecule has 2 saturated carbocycles. The molecule has 0 aromatic rings. The molecule has 0 aromatic heterocycles. The summed E-state index contributed by atoms with van der Waals surface area (Å²) in [6.45, 7) is 2.45. The Hall–Kier alpha value is -1.30. The van der Waals surface area contributed by atoms with E-state index in [1.54, 1.807) is 0 Å². The summed E-state index contributed by atoms with van der Waals surface area (Å²) in [6, 6.07) is 0.100. The maximum Gasteiger partial charge on any atom is 0.315 e. The van der Waals surface area contributed by atoms with Gasteiger partial charge in [0.15, 0.2) is 0 Å². The van der Waals surface area contributed by atoms with E-state index in [4.69, 9.17) is 4.74 Å². The van der Waals surface area contributed by atoms with Crippen molar-refractivity contribution in [2.24, 2.45) is 0 Å². The Morgan fingerprint density at radius 1 is 0.917 bits per heavy atom. The highest BCUT2D eigenvalue weighted by atomic mass is 16.5. The summed E-state index contributed by atoms with van der Waals surface area (Å²) < 4.78 is 5.36. The summed E-state index contributed by atoms with van der Waals surface area (Å²) in [5, 5.41) is 6.20. The molecule has 3 fully saturated rings. The smallest absolute Gasteiger partial charge is 0.315 e. The van der Waals surface area contributed by atoms with Crippen LogP contribution in [0.1, 0.15) is 64.2 Å². The molecule has 0 bridgehead atoms. The molecule has 3 rings (SSSR count). The van der Waals surface area contributed by atoms with Gasteiger partial charge in [-0.15, -0.1) is 0 Å². The van der Waals surface area contributed by atoms with Crippen molar-refractivity contribution in [1.29, 1.82) is 0 Å². The molecule has 1 saturated heterocycles. The van der Waals surface area contributed by atoms with Crippen LogP contribution >= 0.6 is 0 Å². The largest absolute Gasteiger partial charge is 0.378 e. The predicted octanol–water partition coefficient (Wildman–Crippen LogP) is 2.18. The van der Waals surface area contributed by atoms with Crippen LogP contribution in [0.25, 0.3) is 0 Å². The van der Waals surface area contributed by atoms with E-state index in [-0.39, 0.29) is 18.0 Å². The number of nitrogens with one attached hydrogen (secondary N) is 2. The Kier molecular flexibility index (Phi) is 5.98. The van der Waals surface area contributed by atoms with E-state index in [0.717, 1.165) is 44.9 Å². The standard InChI is InChI=1S/C18H31N3O3/c22-16(21-11-13-24-14-12-21)18(9-5-2-6-10-18)20-17(23)19-15-7-3-1-4-8-15/h15H,1-14H2,(H2,19,20,23). The van der Waals surface area contributed by atoms with Gasteiger partial charge in [-0.25, -0.2) is 4.79 Å². The zero-order chi connectivity index (χ0) is 16.8. The lowest BCUT2D eigenvalue weighted by Crippen LogP contribution is -2.64. The van der Waals surface area contributed by atoms with Crippen molar-refractivity contribution in [2.75, 3.05) is 26.3 Å². The topological polar surface area (TPSA) is 70.7 Å². The normalized spacial score (nSPS) is 25.1. The molecule has 1 heterocycles. The van der Waals surface area contributed by atoms with Crippen LogP contribution in [0, 0.1) is 0 Å². The van der Waals surface area contributed by atoms with Crippen molar-refractivity contribution in [3.8, 4) is 0 Å². The second-order valence-corrected chi connectivity index (χ2v) is 7.48. The van der Waals surface area contributed by atoms with Gasteiger partial charge >= 0.3 is 6.03 Å². The average molecular weight is 337 g/mol. The van der Waals surface area contributed by atoms with E-state index in [0.29, 0.717) is 26.3 Å². The van der Waals surface area contributed by atoms with Crippen molar-refractivity contribution in [3.63, 3.8) is 0 Å². The highest BCUT2D eigenvalue weighted by Crippen LogP contribution is 2.30. The van der Waals surface area contributed by atoms with Gasteiger partial charge in [0, 0.05) is 19.1 Å². The fourth-order valence-corrected chi connectivity index (χ4v) is 4.30. The monoisotopic (exact) mass is 337 g/mol. The van der Waals surface area contributed by atoms with Gasteiger partial charge < -0.3 is 20.3 Å². The molecular formula is C18H31N3O3. The summed E-state index contributed by atoms with van der Waals surface area (Å²) in [5.74, 6) is 0.0873. The Labute approximate surface area is 144 Å². The third kappa shape index (κ3) is 4.21. The van der Waals surface area contributed by atoms with Gasteiger partial charge in [-0.3, -0.25) is 4.79 Å². The van der Waals surface area contributed by atoms with Gasteiger partial charge in [-0.1, -0.05) is 38.5 Å². The molecule has 0 radical (unpaired) electrons. The number of nitrogens with zero attached hydrogens (tertiary/aromatic N) is 1. The molecule has 6 nitrogen and oxygen atoms in total. The molecule has 1 aliphatic heterocycles. The molecule has 136 valence electrons. The molecule has 0 atom stereocenters. The molecular weight excluding hydrogens is 306 g/mol. The number of urea groups is 1. The van der Waals surface area contributed by atoms with Gasteiger partial charge in [-0.05, 0) is 25.7 Å². The summed E-state index contributed by atoms with van der Waals surface area (Å²) in [4.78, 5) is 27.6. The number of morpholine rings is 1. The maximum atomic E-state index is 13.1. The van der Waals surface area contributed by atoms with Crippen LogP contribution in [0.2, 0.25) is 0 Å². The van der Waals surface area contributed by atoms with Crippen molar-refractivity contribution >= 4 is 11.9 Å². The number of carbonyl (C=O) groups is 2. The quantitative estimate of drug-likeness (QED) is 0.829. The van der Waals surface area contributed by atoms with Crippen LogP contribution in [-0.2, 0) is 9.53 Å². The average Bonchev–Trinajstić information content (AvgIpc) is 2.63. The SMILES string of the molecule is O=C(NC1CCCCC1)NC1(C(=O)N2CCOCC2)CCCCC1. The van der Waals surface area contributed by atoms with E-state index < -0.39 is 5.54 Å².